The van der Waals surface area contributed by atoms with Crippen molar-refractivity contribution in [1.82, 2.24) is 9.55 Å². The second kappa shape index (κ2) is 4.66. The number of hydrogen-bond donors (Lipinski definition) is 0. The van der Waals surface area contributed by atoms with E-state index >= 15 is 0 Å². The van der Waals surface area contributed by atoms with E-state index in [1.807, 2.05) is 0 Å². The Bertz CT molecular complexity index is 583. The van der Waals surface area contributed by atoms with Gasteiger partial charge in [-0.2, -0.15) is 0 Å². The van der Waals surface area contributed by atoms with Gasteiger partial charge in [-0.25, -0.2) is 4.98 Å². The number of benzene rings is 1. The molecule has 0 saturated heterocycles. The molecule has 0 unspecified atom stereocenters. The normalized spacial score (nSPS) is 12.9. The molecular formula is C17H26N2. The van der Waals surface area contributed by atoms with E-state index in [9.17, 15) is 0 Å². The van der Waals surface area contributed by atoms with Crippen LogP contribution < -0.4 is 0 Å². The standard InChI is InChI=1S/C17H26N2/c1-11(2)13-8-9-15-14(10-13)18-16(17(5,6)7)19(15)12(3)4/h8-12H,1-7H3. The van der Waals surface area contributed by atoms with Crippen LogP contribution in [-0.4, -0.2) is 9.55 Å². The van der Waals surface area contributed by atoms with Crippen molar-refractivity contribution in [2.24, 2.45) is 0 Å². The summed E-state index contributed by atoms with van der Waals surface area (Å²) in [6.07, 6.45) is 0. The lowest BCUT2D eigenvalue weighted by molar-refractivity contribution is 0.477. The minimum Gasteiger partial charge on any atom is -0.325 e. The van der Waals surface area contributed by atoms with Gasteiger partial charge in [-0.05, 0) is 37.5 Å². The molecule has 0 fully saturated rings. The average molecular weight is 258 g/mol. The van der Waals surface area contributed by atoms with Crippen LogP contribution in [0.25, 0.3) is 11.0 Å². The van der Waals surface area contributed by atoms with Gasteiger partial charge in [0, 0.05) is 11.5 Å². The molecule has 104 valence electrons. The van der Waals surface area contributed by atoms with Gasteiger partial charge in [0.05, 0.1) is 11.0 Å². The Labute approximate surface area is 116 Å². The molecule has 0 spiro atoms. The second-order valence-electron chi connectivity index (χ2n) is 7.05. The molecule has 2 rings (SSSR count). The van der Waals surface area contributed by atoms with Crippen molar-refractivity contribution < 1.29 is 0 Å². The molecule has 1 aromatic heterocycles. The van der Waals surface area contributed by atoms with Crippen molar-refractivity contribution >= 4 is 11.0 Å². The molecule has 0 atom stereocenters. The molecule has 0 amide bonds. The highest BCUT2D eigenvalue weighted by Gasteiger charge is 2.24. The smallest absolute Gasteiger partial charge is 0.115 e. The summed E-state index contributed by atoms with van der Waals surface area (Å²) in [6, 6.07) is 7.14. The molecule has 0 aliphatic heterocycles. The van der Waals surface area contributed by atoms with Crippen LogP contribution in [0.1, 0.15) is 71.8 Å². The van der Waals surface area contributed by atoms with Gasteiger partial charge in [-0.1, -0.05) is 40.7 Å². The third-order valence-electron chi connectivity index (χ3n) is 3.57. The Morgan fingerprint density at radius 2 is 1.68 bits per heavy atom. The van der Waals surface area contributed by atoms with E-state index in [-0.39, 0.29) is 5.41 Å². The van der Waals surface area contributed by atoms with Gasteiger partial charge in [0.25, 0.3) is 0 Å². The fraction of sp³-hybridized carbons (Fsp3) is 0.588. The number of aromatic nitrogens is 2. The summed E-state index contributed by atoms with van der Waals surface area (Å²) in [5, 5.41) is 0. The van der Waals surface area contributed by atoms with Gasteiger partial charge in [-0.15, -0.1) is 0 Å². The highest BCUT2D eigenvalue weighted by Crippen LogP contribution is 2.30. The first-order valence-electron chi connectivity index (χ1n) is 7.24. The SMILES string of the molecule is CC(C)c1ccc2c(c1)nc(C(C)(C)C)n2C(C)C. The zero-order valence-corrected chi connectivity index (χ0v) is 13.3. The van der Waals surface area contributed by atoms with Crippen LogP contribution >= 0.6 is 0 Å². The number of nitrogens with zero attached hydrogens (tertiary/aromatic N) is 2. The molecule has 0 bridgehead atoms. The Kier molecular flexibility index (Phi) is 3.46. The Morgan fingerprint density at radius 1 is 1.05 bits per heavy atom. The maximum Gasteiger partial charge on any atom is 0.115 e. The molecule has 2 nitrogen and oxygen atoms in total. The Morgan fingerprint density at radius 3 is 2.16 bits per heavy atom. The molecule has 1 heterocycles. The van der Waals surface area contributed by atoms with Crippen molar-refractivity contribution in [3.8, 4) is 0 Å². The summed E-state index contributed by atoms with van der Waals surface area (Å²) in [4.78, 5) is 4.91. The summed E-state index contributed by atoms with van der Waals surface area (Å²) in [6.45, 7) is 15.6. The molecular weight excluding hydrogens is 232 g/mol. The molecule has 0 N–H and O–H groups in total. The summed E-state index contributed by atoms with van der Waals surface area (Å²) < 4.78 is 2.37. The van der Waals surface area contributed by atoms with Crippen LogP contribution in [-0.2, 0) is 5.41 Å². The lowest BCUT2D eigenvalue weighted by atomic mass is 9.95. The van der Waals surface area contributed by atoms with E-state index in [1.165, 1.54) is 16.9 Å². The summed E-state index contributed by atoms with van der Waals surface area (Å²) in [5.74, 6) is 1.73. The summed E-state index contributed by atoms with van der Waals surface area (Å²) in [7, 11) is 0. The summed E-state index contributed by atoms with van der Waals surface area (Å²) >= 11 is 0. The molecule has 19 heavy (non-hydrogen) atoms. The van der Waals surface area contributed by atoms with E-state index in [1.54, 1.807) is 0 Å². The first kappa shape index (κ1) is 14.1. The van der Waals surface area contributed by atoms with Crippen LogP contribution in [0.5, 0.6) is 0 Å². The minimum absolute atomic E-state index is 0.0707. The van der Waals surface area contributed by atoms with E-state index in [4.69, 9.17) is 4.98 Å². The van der Waals surface area contributed by atoms with Gasteiger partial charge in [0.1, 0.15) is 5.82 Å². The van der Waals surface area contributed by atoms with Crippen LogP contribution in [0, 0.1) is 0 Å². The molecule has 0 aliphatic carbocycles. The zero-order chi connectivity index (χ0) is 14.4. The lowest BCUT2D eigenvalue weighted by Crippen LogP contribution is -2.20. The topological polar surface area (TPSA) is 17.8 Å². The Balaban J connectivity index is 2.73. The van der Waals surface area contributed by atoms with Crippen molar-refractivity contribution in [1.29, 1.82) is 0 Å². The maximum absolute atomic E-state index is 4.91. The number of rotatable bonds is 2. The van der Waals surface area contributed by atoms with Crippen molar-refractivity contribution in [3.63, 3.8) is 0 Å². The molecule has 2 heteroatoms. The molecule has 0 aliphatic rings. The Hall–Kier alpha value is -1.31. The van der Waals surface area contributed by atoms with E-state index in [0.717, 1.165) is 5.52 Å². The number of fused-ring (bicyclic) bond motifs is 1. The second-order valence-corrected chi connectivity index (χ2v) is 7.05. The van der Waals surface area contributed by atoms with Gasteiger partial charge in [0.2, 0.25) is 0 Å². The van der Waals surface area contributed by atoms with E-state index in [0.29, 0.717) is 12.0 Å². The van der Waals surface area contributed by atoms with Gasteiger partial charge >= 0.3 is 0 Å². The predicted molar refractivity (Wildman–Crippen MR) is 82.9 cm³/mol. The highest BCUT2D eigenvalue weighted by atomic mass is 15.1. The minimum atomic E-state index is 0.0707. The van der Waals surface area contributed by atoms with Gasteiger partial charge < -0.3 is 4.57 Å². The van der Waals surface area contributed by atoms with Gasteiger partial charge in [-0.3, -0.25) is 0 Å². The van der Waals surface area contributed by atoms with Crippen molar-refractivity contribution in [2.45, 2.75) is 65.8 Å². The predicted octanol–water partition coefficient (Wildman–Crippen LogP) is 5.04. The lowest BCUT2D eigenvalue weighted by Gasteiger charge is -2.22. The fourth-order valence-corrected chi connectivity index (χ4v) is 2.53. The molecule has 0 saturated carbocycles. The largest absolute Gasteiger partial charge is 0.325 e. The molecule has 0 radical (unpaired) electrons. The molecule has 1 aromatic carbocycles. The number of hydrogen-bond acceptors (Lipinski definition) is 1. The van der Waals surface area contributed by atoms with E-state index in [2.05, 4.69) is 71.2 Å². The van der Waals surface area contributed by atoms with Crippen LogP contribution in [0.3, 0.4) is 0 Å². The van der Waals surface area contributed by atoms with E-state index < -0.39 is 0 Å². The fourth-order valence-electron chi connectivity index (χ4n) is 2.53. The number of imidazole rings is 1. The van der Waals surface area contributed by atoms with Crippen LogP contribution in [0.15, 0.2) is 18.2 Å². The third kappa shape index (κ3) is 2.54. The first-order valence-corrected chi connectivity index (χ1v) is 7.24. The zero-order valence-electron chi connectivity index (χ0n) is 13.3. The third-order valence-corrected chi connectivity index (χ3v) is 3.57. The molecule has 2 aromatic rings. The maximum atomic E-state index is 4.91. The quantitative estimate of drug-likeness (QED) is 0.738. The van der Waals surface area contributed by atoms with Crippen LogP contribution in [0.4, 0.5) is 0 Å². The summed E-state index contributed by atoms with van der Waals surface area (Å²) in [5.41, 5.74) is 3.82. The van der Waals surface area contributed by atoms with Crippen LogP contribution in [0.2, 0.25) is 0 Å². The van der Waals surface area contributed by atoms with Gasteiger partial charge in [0.15, 0.2) is 0 Å². The highest BCUT2D eigenvalue weighted by molar-refractivity contribution is 5.77. The monoisotopic (exact) mass is 258 g/mol. The average Bonchev–Trinajstić information content (AvgIpc) is 2.66. The van der Waals surface area contributed by atoms with Crippen molar-refractivity contribution in [2.75, 3.05) is 0 Å². The van der Waals surface area contributed by atoms with Crippen molar-refractivity contribution in [3.05, 3.63) is 29.6 Å². The first-order chi connectivity index (χ1) is 8.71.